The molecule has 20 heavy (non-hydrogen) atoms. The fourth-order valence-corrected chi connectivity index (χ4v) is 1.55. The van der Waals surface area contributed by atoms with Gasteiger partial charge >= 0.3 is 5.69 Å². The maximum Gasteiger partial charge on any atom is 0.315 e. The van der Waals surface area contributed by atoms with E-state index >= 15 is 0 Å². The first-order valence-corrected chi connectivity index (χ1v) is 6.17. The molecule has 0 spiro atoms. The maximum atomic E-state index is 11.1. The van der Waals surface area contributed by atoms with Gasteiger partial charge in [0.25, 0.3) is 0 Å². The van der Waals surface area contributed by atoms with Crippen LogP contribution in [-0.2, 0) is 0 Å². The molecule has 0 unspecified atom stereocenters. The van der Waals surface area contributed by atoms with Crippen molar-refractivity contribution >= 4 is 12.0 Å². The van der Waals surface area contributed by atoms with Crippen LogP contribution < -0.4 is 9.47 Å². The number of ether oxygens (including phenoxy) is 2. The van der Waals surface area contributed by atoms with E-state index in [1.165, 1.54) is 12.1 Å². The number of carbonyl (C=O) groups excluding carboxylic acids is 1. The van der Waals surface area contributed by atoms with Crippen LogP contribution in [-0.4, -0.2) is 50.0 Å². The SMILES string of the molecule is CCOc1cc(C=O)cc([N+](=O)[O-])c1OCCN(C)C. The smallest absolute Gasteiger partial charge is 0.315 e. The summed E-state index contributed by atoms with van der Waals surface area (Å²) in [7, 11) is 3.74. The summed E-state index contributed by atoms with van der Waals surface area (Å²) in [6, 6.07) is 2.62. The first kappa shape index (κ1) is 15.9. The van der Waals surface area contributed by atoms with Crippen molar-refractivity contribution in [3.8, 4) is 11.5 Å². The van der Waals surface area contributed by atoms with Gasteiger partial charge in [0.2, 0.25) is 5.75 Å². The van der Waals surface area contributed by atoms with Crippen molar-refractivity contribution in [1.82, 2.24) is 4.90 Å². The van der Waals surface area contributed by atoms with Crippen molar-refractivity contribution in [1.29, 1.82) is 0 Å². The van der Waals surface area contributed by atoms with Gasteiger partial charge in [0.05, 0.1) is 11.5 Å². The predicted octanol–water partition coefficient (Wildman–Crippen LogP) is 1.75. The van der Waals surface area contributed by atoms with E-state index in [-0.39, 0.29) is 29.4 Å². The number of rotatable bonds is 8. The predicted molar refractivity (Wildman–Crippen MR) is 73.7 cm³/mol. The summed E-state index contributed by atoms with van der Waals surface area (Å²) in [4.78, 5) is 23.2. The van der Waals surface area contributed by atoms with Crippen molar-refractivity contribution in [3.63, 3.8) is 0 Å². The minimum Gasteiger partial charge on any atom is -0.490 e. The molecule has 0 saturated carbocycles. The Morgan fingerprint density at radius 1 is 1.35 bits per heavy atom. The van der Waals surface area contributed by atoms with Crippen LogP contribution in [0.2, 0.25) is 0 Å². The summed E-state index contributed by atoms with van der Waals surface area (Å²) in [6.07, 6.45) is 0.541. The molecule has 0 aliphatic carbocycles. The van der Waals surface area contributed by atoms with Gasteiger partial charge in [-0.15, -0.1) is 0 Å². The molecule has 0 heterocycles. The first-order chi connectivity index (χ1) is 9.49. The van der Waals surface area contributed by atoms with E-state index < -0.39 is 4.92 Å². The zero-order valence-corrected chi connectivity index (χ0v) is 11.8. The Kier molecular flexibility index (Phi) is 5.92. The van der Waals surface area contributed by atoms with Crippen molar-refractivity contribution in [2.24, 2.45) is 0 Å². The van der Waals surface area contributed by atoms with Crippen molar-refractivity contribution in [2.75, 3.05) is 33.9 Å². The highest BCUT2D eigenvalue weighted by Crippen LogP contribution is 2.38. The van der Waals surface area contributed by atoms with Crippen LogP contribution in [0.25, 0.3) is 0 Å². The monoisotopic (exact) mass is 282 g/mol. The molecule has 0 fully saturated rings. The zero-order chi connectivity index (χ0) is 15.1. The average Bonchev–Trinajstić information content (AvgIpc) is 2.39. The van der Waals surface area contributed by atoms with Crippen molar-refractivity contribution in [2.45, 2.75) is 6.92 Å². The highest BCUT2D eigenvalue weighted by molar-refractivity contribution is 5.79. The van der Waals surface area contributed by atoms with E-state index in [0.717, 1.165) is 0 Å². The van der Waals surface area contributed by atoms with Crippen LogP contribution in [0.3, 0.4) is 0 Å². The molecule has 7 heteroatoms. The number of nitro groups is 1. The van der Waals surface area contributed by atoms with Gasteiger partial charge in [0.15, 0.2) is 5.75 Å². The number of nitro benzene ring substituents is 1. The van der Waals surface area contributed by atoms with Crippen LogP contribution in [0.1, 0.15) is 17.3 Å². The molecule has 1 aromatic rings. The van der Waals surface area contributed by atoms with Crippen LogP contribution in [0.5, 0.6) is 11.5 Å². The van der Waals surface area contributed by atoms with Gasteiger partial charge in [0, 0.05) is 18.2 Å². The topological polar surface area (TPSA) is 81.9 Å². The van der Waals surface area contributed by atoms with Crippen LogP contribution in [0.4, 0.5) is 5.69 Å². The number of hydrogen-bond donors (Lipinski definition) is 0. The standard InChI is InChI=1S/C13H18N2O5/c1-4-19-12-8-10(9-16)7-11(15(17)18)13(12)20-6-5-14(2)3/h7-9H,4-6H2,1-3H3. The third-order valence-corrected chi connectivity index (χ3v) is 2.48. The highest BCUT2D eigenvalue weighted by atomic mass is 16.6. The quantitative estimate of drug-likeness (QED) is 0.410. The Balaban J connectivity index is 3.14. The fourth-order valence-electron chi connectivity index (χ4n) is 1.55. The van der Waals surface area contributed by atoms with Crippen LogP contribution >= 0.6 is 0 Å². The second-order valence-corrected chi connectivity index (χ2v) is 4.33. The number of benzene rings is 1. The largest absolute Gasteiger partial charge is 0.490 e. The lowest BCUT2D eigenvalue weighted by molar-refractivity contribution is -0.386. The van der Waals surface area contributed by atoms with E-state index in [4.69, 9.17) is 9.47 Å². The molecule has 0 aliphatic rings. The Hall–Kier alpha value is -2.15. The molecule has 0 bridgehead atoms. The number of aldehydes is 1. The molecule has 0 atom stereocenters. The van der Waals surface area contributed by atoms with Gasteiger partial charge in [-0.3, -0.25) is 14.9 Å². The van der Waals surface area contributed by atoms with Gasteiger partial charge < -0.3 is 14.4 Å². The molecule has 110 valence electrons. The second kappa shape index (κ2) is 7.44. The molecule has 0 radical (unpaired) electrons. The minimum absolute atomic E-state index is 0.0595. The average molecular weight is 282 g/mol. The van der Waals surface area contributed by atoms with Gasteiger partial charge in [-0.25, -0.2) is 0 Å². The molecule has 0 aromatic heterocycles. The zero-order valence-electron chi connectivity index (χ0n) is 11.8. The van der Waals surface area contributed by atoms with Crippen molar-refractivity contribution < 1.29 is 19.2 Å². The maximum absolute atomic E-state index is 11.1. The third-order valence-electron chi connectivity index (χ3n) is 2.48. The lowest BCUT2D eigenvalue weighted by atomic mass is 10.2. The molecular weight excluding hydrogens is 264 g/mol. The molecule has 0 saturated heterocycles. The molecule has 0 N–H and O–H groups in total. The highest BCUT2D eigenvalue weighted by Gasteiger charge is 2.22. The van der Waals surface area contributed by atoms with E-state index in [0.29, 0.717) is 19.4 Å². The van der Waals surface area contributed by atoms with E-state index in [9.17, 15) is 14.9 Å². The summed E-state index contributed by atoms with van der Waals surface area (Å²) >= 11 is 0. The molecule has 7 nitrogen and oxygen atoms in total. The first-order valence-electron chi connectivity index (χ1n) is 6.17. The van der Waals surface area contributed by atoms with Crippen molar-refractivity contribution in [3.05, 3.63) is 27.8 Å². The molecule has 1 rings (SSSR count). The third kappa shape index (κ3) is 4.20. The van der Waals surface area contributed by atoms with Crippen LogP contribution in [0.15, 0.2) is 12.1 Å². The molecule has 0 aliphatic heterocycles. The van der Waals surface area contributed by atoms with E-state index in [2.05, 4.69) is 0 Å². The van der Waals surface area contributed by atoms with E-state index in [1.807, 2.05) is 19.0 Å². The number of carbonyl (C=O) groups is 1. The number of nitrogens with zero attached hydrogens (tertiary/aromatic N) is 2. The Morgan fingerprint density at radius 2 is 2.05 bits per heavy atom. The summed E-state index contributed by atoms with van der Waals surface area (Å²) < 4.78 is 10.8. The Labute approximate surface area is 117 Å². The number of hydrogen-bond acceptors (Lipinski definition) is 6. The minimum atomic E-state index is -0.583. The summed E-state index contributed by atoms with van der Waals surface area (Å²) in [6.45, 7) is 2.97. The van der Waals surface area contributed by atoms with Gasteiger partial charge in [-0.05, 0) is 27.1 Å². The normalized spacial score (nSPS) is 10.4. The van der Waals surface area contributed by atoms with Gasteiger partial charge in [-0.2, -0.15) is 0 Å². The van der Waals surface area contributed by atoms with Crippen LogP contribution in [0, 0.1) is 10.1 Å². The number of likely N-dealkylation sites (N-methyl/N-ethyl adjacent to an activating group) is 1. The summed E-state index contributed by atoms with van der Waals surface area (Å²) in [5.74, 6) is 0.270. The molecular formula is C13H18N2O5. The van der Waals surface area contributed by atoms with E-state index in [1.54, 1.807) is 6.92 Å². The summed E-state index contributed by atoms with van der Waals surface area (Å²) in [5, 5.41) is 11.1. The second-order valence-electron chi connectivity index (χ2n) is 4.33. The summed E-state index contributed by atoms with van der Waals surface area (Å²) in [5.41, 5.74) is -0.0862. The lowest BCUT2D eigenvalue weighted by Gasteiger charge is -2.14. The Bertz CT molecular complexity index is 488. The fraction of sp³-hybridized carbons (Fsp3) is 0.462. The van der Waals surface area contributed by atoms with Gasteiger partial charge in [0.1, 0.15) is 12.9 Å². The van der Waals surface area contributed by atoms with Gasteiger partial charge in [-0.1, -0.05) is 0 Å². The lowest BCUT2D eigenvalue weighted by Crippen LogP contribution is -2.20. The molecule has 1 aromatic carbocycles. The Morgan fingerprint density at radius 3 is 2.55 bits per heavy atom. The molecule has 0 amide bonds.